The second-order valence-electron chi connectivity index (χ2n) is 8.62. The predicted octanol–water partition coefficient (Wildman–Crippen LogP) is 3.15. The minimum Gasteiger partial charge on any atom is -0.378 e. The Morgan fingerprint density at radius 2 is 1.84 bits per heavy atom. The number of aryl methyl sites for hydroxylation is 2. The molecule has 0 saturated carbocycles. The molecule has 0 aliphatic carbocycles. The van der Waals surface area contributed by atoms with Gasteiger partial charge in [0.25, 0.3) is 0 Å². The molecule has 0 aromatic heterocycles. The van der Waals surface area contributed by atoms with Crippen molar-refractivity contribution in [2.24, 2.45) is 5.92 Å². The zero-order chi connectivity index (χ0) is 22.0. The maximum atomic E-state index is 13.2. The summed E-state index contributed by atoms with van der Waals surface area (Å²) in [5.41, 5.74) is 5.42. The Hall–Kier alpha value is -2.86. The van der Waals surface area contributed by atoms with E-state index in [-0.39, 0.29) is 24.2 Å². The van der Waals surface area contributed by atoms with Crippen molar-refractivity contribution in [1.29, 1.82) is 0 Å². The van der Waals surface area contributed by atoms with E-state index >= 15 is 0 Å². The van der Waals surface area contributed by atoms with Crippen molar-refractivity contribution in [2.75, 3.05) is 49.7 Å². The van der Waals surface area contributed by atoms with Gasteiger partial charge in [0.1, 0.15) is 0 Å². The minimum atomic E-state index is -0.311. The van der Waals surface area contributed by atoms with E-state index in [4.69, 9.17) is 4.74 Å². The number of benzene rings is 2. The first-order chi connectivity index (χ1) is 14.9. The van der Waals surface area contributed by atoms with Crippen LogP contribution in [0.3, 0.4) is 0 Å². The molecule has 2 saturated heterocycles. The summed E-state index contributed by atoms with van der Waals surface area (Å²) in [6.07, 6.45) is 0.265. The summed E-state index contributed by atoms with van der Waals surface area (Å²) in [6.45, 7) is 8.19. The Morgan fingerprint density at radius 3 is 2.58 bits per heavy atom. The van der Waals surface area contributed by atoms with Gasteiger partial charge in [-0.2, -0.15) is 0 Å². The van der Waals surface area contributed by atoms with E-state index in [0.29, 0.717) is 13.1 Å². The van der Waals surface area contributed by atoms with Gasteiger partial charge in [-0.25, -0.2) is 0 Å². The second-order valence-corrected chi connectivity index (χ2v) is 8.62. The van der Waals surface area contributed by atoms with E-state index in [1.165, 1.54) is 5.56 Å². The Balaban J connectivity index is 1.45. The molecule has 0 radical (unpaired) electrons. The molecule has 31 heavy (non-hydrogen) atoms. The van der Waals surface area contributed by atoms with Crippen molar-refractivity contribution in [1.82, 2.24) is 4.90 Å². The fraction of sp³-hybridized carbons (Fsp3) is 0.440. The minimum absolute atomic E-state index is 0.0208. The first kappa shape index (κ1) is 21.4. The average Bonchev–Trinajstić information content (AvgIpc) is 3.15. The van der Waals surface area contributed by atoms with Crippen LogP contribution in [-0.2, 0) is 20.9 Å². The molecule has 0 unspecified atom stereocenters. The fourth-order valence-corrected chi connectivity index (χ4v) is 4.62. The number of carbonyl (C=O) groups excluding carboxylic acids is 2. The van der Waals surface area contributed by atoms with Gasteiger partial charge in [0, 0.05) is 51.0 Å². The summed E-state index contributed by atoms with van der Waals surface area (Å²) in [5, 5.41) is 0. The number of nitrogens with zero attached hydrogens (tertiary/aromatic N) is 3. The molecule has 0 bridgehead atoms. The van der Waals surface area contributed by atoms with E-state index in [9.17, 15) is 9.59 Å². The molecule has 2 heterocycles. The number of para-hydroxylation sites is 1. The van der Waals surface area contributed by atoms with Gasteiger partial charge >= 0.3 is 0 Å². The smallest absolute Gasteiger partial charge is 0.228 e. The van der Waals surface area contributed by atoms with E-state index < -0.39 is 0 Å². The lowest BCUT2D eigenvalue weighted by atomic mass is 10.1. The molecule has 164 valence electrons. The third kappa shape index (κ3) is 4.59. The molecule has 2 aromatic rings. The largest absolute Gasteiger partial charge is 0.378 e. The SMILES string of the molecule is Cc1ccc(N2C[C@@H](C(=O)N(C)Cc3ccccc3N3CCOCC3)CC2=O)c(C)c1. The zero-order valence-corrected chi connectivity index (χ0v) is 18.6. The number of anilines is 2. The Labute approximate surface area is 184 Å². The van der Waals surface area contributed by atoms with Gasteiger partial charge in [0.05, 0.1) is 19.1 Å². The van der Waals surface area contributed by atoms with Crippen LogP contribution in [0.4, 0.5) is 11.4 Å². The number of hydrogen-bond acceptors (Lipinski definition) is 4. The van der Waals surface area contributed by atoms with Crippen molar-refractivity contribution < 1.29 is 14.3 Å². The van der Waals surface area contributed by atoms with Gasteiger partial charge in [-0.1, -0.05) is 35.9 Å². The lowest BCUT2D eigenvalue weighted by Crippen LogP contribution is -2.38. The summed E-state index contributed by atoms with van der Waals surface area (Å²) in [7, 11) is 1.84. The summed E-state index contributed by atoms with van der Waals surface area (Å²) < 4.78 is 5.48. The first-order valence-electron chi connectivity index (χ1n) is 11.0. The number of rotatable bonds is 5. The van der Waals surface area contributed by atoms with Crippen molar-refractivity contribution >= 4 is 23.2 Å². The number of carbonyl (C=O) groups is 2. The highest BCUT2D eigenvalue weighted by Gasteiger charge is 2.37. The monoisotopic (exact) mass is 421 g/mol. The predicted molar refractivity (Wildman–Crippen MR) is 122 cm³/mol. The lowest BCUT2D eigenvalue weighted by Gasteiger charge is -2.31. The van der Waals surface area contributed by atoms with Crippen LogP contribution >= 0.6 is 0 Å². The van der Waals surface area contributed by atoms with Gasteiger partial charge in [-0.05, 0) is 37.1 Å². The standard InChI is InChI=1S/C25H31N3O3/c1-18-8-9-22(19(2)14-18)28-17-21(15-24(28)29)25(30)26(3)16-20-6-4-5-7-23(20)27-10-12-31-13-11-27/h4-9,14,21H,10-13,15-17H2,1-3H3/t21-/m0/s1. The lowest BCUT2D eigenvalue weighted by molar-refractivity contribution is -0.135. The van der Waals surface area contributed by atoms with Crippen LogP contribution in [-0.4, -0.2) is 56.6 Å². The molecule has 4 rings (SSSR count). The van der Waals surface area contributed by atoms with E-state index in [1.807, 2.05) is 45.2 Å². The molecule has 2 fully saturated rings. The van der Waals surface area contributed by atoms with Crippen LogP contribution in [0.5, 0.6) is 0 Å². The van der Waals surface area contributed by atoms with Gasteiger partial charge in [0.15, 0.2) is 0 Å². The molecule has 2 aliphatic rings. The van der Waals surface area contributed by atoms with Crippen molar-refractivity contribution in [3.05, 3.63) is 59.2 Å². The topological polar surface area (TPSA) is 53.1 Å². The molecule has 6 nitrogen and oxygen atoms in total. The van der Waals surface area contributed by atoms with Crippen LogP contribution < -0.4 is 9.80 Å². The molecular weight excluding hydrogens is 390 g/mol. The number of amides is 2. The summed E-state index contributed by atoms with van der Waals surface area (Å²) in [5.74, 6) is -0.265. The highest BCUT2D eigenvalue weighted by atomic mass is 16.5. The van der Waals surface area contributed by atoms with Crippen molar-refractivity contribution in [2.45, 2.75) is 26.8 Å². The highest BCUT2D eigenvalue weighted by molar-refractivity contribution is 6.00. The van der Waals surface area contributed by atoms with Gasteiger partial charge in [-0.3, -0.25) is 9.59 Å². The molecular formula is C25H31N3O3. The van der Waals surface area contributed by atoms with Crippen LogP contribution in [0.2, 0.25) is 0 Å². The normalized spacial score (nSPS) is 19.1. The molecule has 2 aromatic carbocycles. The zero-order valence-electron chi connectivity index (χ0n) is 18.6. The maximum Gasteiger partial charge on any atom is 0.228 e. The van der Waals surface area contributed by atoms with Crippen molar-refractivity contribution in [3.8, 4) is 0 Å². The summed E-state index contributed by atoms with van der Waals surface area (Å²) in [4.78, 5) is 31.8. The summed E-state index contributed by atoms with van der Waals surface area (Å²) in [6, 6.07) is 14.3. The molecule has 1 atom stereocenters. The second kappa shape index (κ2) is 9.10. The Morgan fingerprint density at radius 1 is 1.10 bits per heavy atom. The van der Waals surface area contributed by atoms with Gasteiger partial charge in [0.2, 0.25) is 11.8 Å². The average molecular weight is 422 g/mol. The maximum absolute atomic E-state index is 13.2. The first-order valence-corrected chi connectivity index (χ1v) is 11.0. The number of hydrogen-bond donors (Lipinski definition) is 0. The Kier molecular flexibility index (Phi) is 6.28. The number of morpholine rings is 1. The fourth-order valence-electron chi connectivity index (χ4n) is 4.62. The summed E-state index contributed by atoms with van der Waals surface area (Å²) >= 11 is 0. The van der Waals surface area contributed by atoms with Gasteiger partial charge < -0.3 is 19.4 Å². The third-order valence-electron chi connectivity index (χ3n) is 6.24. The van der Waals surface area contributed by atoms with Crippen molar-refractivity contribution in [3.63, 3.8) is 0 Å². The van der Waals surface area contributed by atoms with Crippen LogP contribution in [0, 0.1) is 19.8 Å². The number of ether oxygens (including phenoxy) is 1. The van der Waals surface area contributed by atoms with Crippen LogP contribution in [0.1, 0.15) is 23.1 Å². The quantitative estimate of drug-likeness (QED) is 0.744. The third-order valence-corrected chi connectivity index (χ3v) is 6.24. The molecule has 2 aliphatic heterocycles. The van der Waals surface area contributed by atoms with E-state index in [2.05, 4.69) is 23.1 Å². The Bertz CT molecular complexity index is 968. The molecule has 0 spiro atoms. The highest BCUT2D eigenvalue weighted by Crippen LogP contribution is 2.30. The van der Waals surface area contributed by atoms with Crippen LogP contribution in [0.25, 0.3) is 0 Å². The molecule has 6 heteroatoms. The van der Waals surface area contributed by atoms with E-state index in [0.717, 1.165) is 48.8 Å². The van der Waals surface area contributed by atoms with Crippen LogP contribution in [0.15, 0.2) is 42.5 Å². The van der Waals surface area contributed by atoms with E-state index in [1.54, 1.807) is 9.80 Å². The van der Waals surface area contributed by atoms with Gasteiger partial charge in [-0.15, -0.1) is 0 Å². The molecule has 2 amide bonds. The molecule has 0 N–H and O–H groups in total.